The van der Waals surface area contributed by atoms with Gasteiger partial charge in [0.2, 0.25) is 0 Å². The molecule has 4 nitrogen and oxygen atoms in total. The molecule has 0 aromatic heterocycles. The van der Waals surface area contributed by atoms with Crippen molar-refractivity contribution in [3.63, 3.8) is 0 Å². The molecule has 136 valence electrons. The number of anilines is 1. The molecule has 4 heteroatoms. The van der Waals surface area contributed by atoms with Crippen molar-refractivity contribution < 1.29 is 14.6 Å². The molecule has 0 aliphatic heterocycles. The summed E-state index contributed by atoms with van der Waals surface area (Å²) in [5.74, 6) is 1.60. The largest absolute Gasteiger partial charge is 0.507 e. The van der Waals surface area contributed by atoms with Gasteiger partial charge < -0.3 is 19.9 Å². The van der Waals surface area contributed by atoms with E-state index in [9.17, 15) is 5.11 Å². The molecule has 0 saturated carbocycles. The normalized spacial score (nSPS) is 11.3. The lowest BCUT2D eigenvalue weighted by molar-refractivity contribution is 0.355. The van der Waals surface area contributed by atoms with Crippen LogP contribution in [0.15, 0.2) is 24.3 Å². The molecule has 0 saturated heterocycles. The van der Waals surface area contributed by atoms with E-state index in [1.807, 2.05) is 38.1 Å². The number of phenolic OH excluding ortho intramolecular Hbond substituents is 1. The van der Waals surface area contributed by atoms with Gasteiger partial charge in [-0.3, -0.25) is 0 Å². The van der Waals surface area contributed by atoms with Crippen LogP contribution in [0.25, 0.3) is 11.1 Å². The number of ether oxygens (including phenoxy) is 2. The van der Waals surface area contributed by atoms with E-state index in [-0.39, 0.29) is 5.41 Å². The Hall–Kier alpha value is -2.36. The van der Waals surface area contributed by atoms with Gasteiger partial charge in [0, 0.05) is 35.0 Å². The summed E-state index contributed by atoms with van der Waals surface area (Å²) in [4.78, 5) is 0. The van der Waals surface area contributed by atoms with E-state index >= 15 is 0 Å². The van der Waals surface area contributed by atoms with Gasteiger partial charge in [-0.1, -0.05) is 26.8 Å². The Morgan fingerprint density at radius 1 is 0.960 bits per heavy atom. The van der Waals surface area contributed by atoms with Crippen LogP contribution in [0, 0.1) is 6.92 Å². The molecule has 0 aliphatic carbocycles. The standard InChI is InChI=1S/C21H29NO3/c1-8-22-17-12-19(25-7)18(24-6)11-14(17)15-9-13(2)10-16(20(15)23)21(3,4)5/h9-12,22-23H,8H2,1-7H3. The molecule has 0 atom stereocenters. The maximum atomic E-state index is 11.0. The number of hydrogen-bond acceptors (Lipinski definition) is 4. The number of phenols is 1. The third kappa shape index (κ3) is 3.84. The molecular formula is C21H29NO3. The molecule has 0 aliphatic rings. The zero-order chi connectivity index (χ0) is 18.8. The summed E-state index contributed by atoms with van der Waals surface area (Å²) in [7, 11) is 3.24. The number of aryl methyl sites for hydroxylation is 1. The Balaban J connectivity index is 2.79. The molecule has 0 radical (unpaired) electrons. The summed E-state index contributed by atoms with van der Waals surface area (Å²) in [5, 5.41) is 14.3. The van der Waals surface area contributed by atoms with Crippen molar-refractivity contribution in [2.24, 2.45) is 0 Å². The number of nitrogens with one attached hydrogen (secondary N) is 1. The monoisotopic (exact) mass is 343 g/mol. The molecule has 2 rings (SSSR count). The number of benzene rings is 2. The quantitative estimate of drug-likeness (QED) is 0.792. The van der Waals surface area contributed by atoms with Crippen LogP contribution in [0.2, 0.25) is 0 Å². The Labute approximate surface area is 150 Å². The molecule has 25 heavy (non-hydrogen) atoms. The fraction of sp³-hybridized carbons (Fsp3) is 0.429. The Morgan fingerprint density at radius 2 is 1.56 bits per heavy atom. The van der Waals surface area contributed by atoms with E-state index in [1.165, 1.54) is 0 Å². The number of hydrogen-bond donors (Lipinski definition) is 2. The molecule has 0 fully saturated rings. The molecule has 0 amide bonds. The van der Waals surface area contributed by atoms with Crippen molar-refractivity contribution in [1.29, 1.82) is 0 Å². The van der Waals surface area contributed by atoms with Crippen molar-refractivity contribution in [3.05, 3.63) is 35.4 Å². The molecule has 0 unspecified atom stereocenters. The Morgan fingerprint density at radius 3 is 2.08 bits per heavy atom. The van der Waals surface area contributed by atoms with Crippen molar-refractivity contribution in [3.8, 4) is 28.4 Å². The van der Waals surface area contributed by atoms with Crippen LogP contribution in [-0.2, 0) is 5.41 Å². The SMILES string of the molecule is CCNc1cc(OC)c(OC)cc1-c1cc(C)cc(C(C)(C)C)c1O. The van der Waals surface area contributed by atoms with Gasteiger partial charge in [-0.25, -0.2) is 0 Å². The lowest BCUT2D eigenvalue weighted by Crippen LogP contribution is -2.12. The molecule has 0 spiro atoms. The Kier molecular flexibility index (Phi) is 5.51. The summed E-state index contributed by atoms with van der Waals surface area (Å²) >= 11 is 0. The minimum atomic E-state index is -0.153. The molecule has 2 N–H and O–H groups in total. The third-order valence-corrected chi connectivity index (χ3v) is 4.24. The summed E-state index contributed by atoms with van der Waals surface area (Å²) in [6.07, 6.45) is 0. The number of aromatic hydroxyl groups is 1. The van der Waals surface area contributed by atoms with Crippen LogP contribution >= 0.6 is 0 Å². The zero-order valence-corrected chi connectivity index (χ0v) is 16.3. The van der Waals surface area contributed by atoms with Crippen molar-refractivity contribution in [2.45, 2.75) is 40.0 Å². The second-order valence-electron chi connectivity index (χ2n) is 7.24. The molecule has 2 aromatic rings. The van der Waals surface area contributed by atoms with Gasteiger partial charge in [0.1, 0.15) is 5.75 Å². The smallest absolute Gasteiger partial charge is 0.162 e. The van der Waals surface area contributed by atoms with Crippen LogP contribution in [0.1, 0.15) is 38.8 Å². The fourth-order valence-corrected chi connectivity index (χ4v) is 2.99. The first-order valence-corrected chi connectivity index (χ1v) is 8.57. The average Bonchev–Trinajstić information content (AvgIpc) is 2.55. The zero-order valence-electron chi connectivity index (χ0n) is 16.3. The van der Waals surface area contributed by atoms with Crippen molar-refractivity contribution in [2.75, 3.05) is 26.1 Å². The number of methoxy groups -OCH3 is 2. The second kappa shape index (κ2) is 7.26. The topological polar surface area (TPSA) is 50.7 Å². The van der Waals surface area contributed by atoms with Gasteiger partial charge in [0.05, 0.1) is 14.2 Å². The fourth-order valence-electron chi connectivity index (χ4n) is 2.99. The van der Waals surface area contributed by atoms with E-state index in [0.29, 0.717) is 17.2 Å². The van der Waals surface area contributed by atoms with Crippen molar-refractivity contribution >= 4 is 5.69 Å². The predicted octanol–water partition coefficient (Wildman–Crippen LogP) is 5.11. The summed E-state index contributed by atoms with van der Waals surface area (Å²) < 4.78 is 10.9. The number of rotatable bonds is 5. The van der Waals surface area contributed by atoms with Crippen LogP contribution in [0.5, 0.6) is 17.2 Å². The maximum Gasteiger partial charge on any atom is 0.162 e. The highest BCUT2D eigenvalue weighted by Crippen LogP contribution is 2.45. The summed E-state index contributed by atoms with van der Waals surface area (Å²) in [6, 6.07) is 7.88. The van der Waals surface area contributed by atoms with E-state index in [0.717, 1.165) is 34.5 Å². The van der Waals surface area contributed by atoms with Gasteiger partial charge in [0.25, 0.3) is 0 Å². The third-order valence-electron chi connectivity index (χ3n) is 4.24. The van der Waals surface area contributed by atoms with Gasteiger partial charge in [-0.15, -0.1) is 0 Å². The maximum absolute atomic E-state index is 11.0. The Bertz CT molecular complexity index is 761. The first kappa shape index (κ1) is 19.0. The highest BCUT2D eigenvalue weighted by atomic mass is 16.5. The van der Waals surface area contributed by atoms with E-state index in [4.69, 9.17) is 9.47 Å². The van der Waals surface area contributed by atoms with Crippen LogP contribution < -0.4 is 14.8 Å². The predicted molar refractivity (Wildman–Crippen MR) is 104 cm³/mol. The molecular weight excluding hydrogens is 314 g/mol. The van der Waals surface area contributed by atoms with Gasteiger partial charge in [-0.2, -0.15) is 0 Å². The van der Waals surface area contributed by atoms with Crippen LogP contribution in [0.3, 0.4) is 0 Å². The summed E-state index contributed by atoms with van der Waals surface area (Å²) in [5.41, 5.74) is 4.48. The second-order valence-corrected chi connectivity index (χ2v) is 7.24. The lowest BCUT2D eigenvalue weighted by Gasteiger charge is -2.24. The van der Waals surface area contributed by atoms with Gasteiger partial charge in [0.15, 0.2) is 11.5 Å². The van der Waals surface area contributed by atoms with Gasteiger partial charge in [-0.05, 0) is 37.0 Å². The first-order chi connectivity index (χ1) is 11.7. The van der Waals surface area contributed by atoms with Gasteiger partial charge >= 0.3 is 0 Å². The molecule has 0 bridgehead atoms. The van der Waals surface area contributed by atoms with Crippen LogP contribution in [-0.4, -0.2) is 25.9 Å². The minimum Gasteiger partial charge on any atom is -0.507 e. The molecule has 0 heterocycles. The van der Waals surface area contributed by atoms with Crippen molar-refractivity contribution in [1.82, 2.24) is 0 Å². The van der Waals surface area contributed by atoms with E-state index in [2.05, 4.69) is 26.1 Å². The van der Waals surface area contributed by atoms with E-state index < -0.39 is 0 Å². The summed E-state index contributed by atoms with van der Waals surface area (Å²) in [6.45, 7) is 11.2. The van der Waals surface area contributed by atoms with Crippen LogP contribution in [0.4, 0.5) is 5.69 Å². The highest BCUT2D eigenvalue weighted by Gasteiger charge is 2.23. The lowest BCUT2D eigenvalue weighted by atomic mass is 9.83. The minimum absolute atomic E-state index is 0.153. The average molecular weight is 343 g/mol. The molecule has 2 aromatic carbocycles. The highest BCUT2D eigenvalue weighted by molar-refractivity contribution is 5.85. The first-order valence-electron chi connectivity index (χ1n) is 8.57. The van der Waals surface area contributed by atoms with E-state index in [1.54, 1.807) is 14.2 Å².